The summed E-state index contributed by atoms with van der Waals surface area (Å²) in [6, 6.07) is 8.11. The number of hydrogen-bond acceptors (Lipinski definition) is 2. The lowest BCUT2D eigenvalue weighted by molar-refractivity contribution is 0.00585. The molecule has 3 N–H and O–H groups in total. The highest BCUT2D eigenvalue weighted by molar-refractivity contribution is 9.10. The molecule has 0 radical (unpaired) electrons. The second kappa shape index (κ2) is 6.38. The molecule has 0 bridgehead atoms. The van der Waals surface area contributed by atoms with Crippen LogP contribution in [0.15, 0.2) is 28.7 Å². The van der Waals surface area contributed by atoms with E-state index in [1.165, 1.54) is 12.8 Å². The van der Waals surface area contributed by atoms with Gasteiger partial charge in [-0.05, 0) is 36.3 Å². The molecular formula is C16H24BrNO. The standard InChI is InChI=1S/C16H24BrNO/c1-2-16(9-5-6-10-16)15(19)13(11-18)12-7-3-4-8-14(12)17/h3-4,7-8,13,15,19H,2,5-6,9-11,18H2,1H3. The van der Waals surface area contributed by atoms with Gasteiger partial charge in [0.2, 0.25) is 0 Å². The van der Waals surface area contributed by atoms with Gasteiger partial charge in [0.15, 0.2) is 0 Å². The zero-order valence-electron chi connectivity index (χ0n) is 11.6. The van der Waals surface area contributed by atoms with Crippen LogP contribution in [0.5, 0.6) is 0 Å². The fourth-order valence-electron chi connectivity index (χ4n) is 3.57. The summed E-state index contributed by atoms with van der Waals surface area (Å²) in [6.07, 6.45) is 5.42. The molecule has 1 saturated carbocycles. The van der Waals surface area contributed by atoms with E-state index >= 15 is 0 Å². The fraction of sp³-hybridized carbons (Fsp3) is 0.625. The average molecular weight is 326 g/mol. The molecular weight excluding hydrogens is 302 g/mol. The number of rotatable bonds is 5. The van der Waals surface area contributed by atoms with E-state index in [1.54, 1.807) is 0 Å². The number of aliphatic hydroxyl groups excluding tert-OH is 1. The molecule has 0 aliphatic heterocycles. The molecule has 0 saturated heterocycles. The maximum Gasteiger partial charge on any atom is 0.0677 e. The van der Waals surface area contributed by atoms with Gasteiger partial charge < -0.3 is 10.8 Å². The van der Waals surface area contributed by atoms with Crippen LogP contribution < -0.4 is 5.73 Å². The van der Waals surface area contributed by atoms with Crippen LogP contribution in [0.1, 0.15) is 50.5 Å². The Balaban J connectivity index is 2.29. The quantitative estimate of drug-likeness (QED) is 0.864. The molecule has 19 heavy (non-hydrogen) atoms. The van der Waals surface area contributed by atoms with Crippen LogP contribution in [0.3, 0.4) is 0 Å². The minimum absolute atomic E-state index is 0.0219. The Morgan fingerprint density at radius 1 is 1.32 bits per heavy atom. The predicted octanol–water partition coefficient (Wildman–Crippen LogP) is 3.82. The zero-order valence-corrected chi connectivity index (χ0v) is 13.2. The van der Waals surface area contributed by atoms with Gasteiger partial charge in [-0.1, -0.05) is 53.9 Å². The van der Waals surface area contributed by atoms with E-state index in [1.807, 2.05) is 18.2 Å². The topological polar surface area (TPSA) is 46.2 Å². The lowest BCUT2D eigenvalue weighted by Gasteiger charge is -2.38. The second-order valence-electron chi connectivity index (χ2n) is 5.73. The van der Waals surface area contributed by atoms with E-state index in [0.29, 0.717) is 6.54 Å². The minimum Gasteiger partial charge on any atom is -0.392 e. The molecule has 1 aromatic rings. The minimum atomic E-state index is -0.344. The maximum atomic E-state index is 10.9. The van der Waals surface area contributed by atoms with Gasteiger partial charge in [-0.2, -0.15) is 0 Å². The van der Waals surface area contributed by atoms with Gasteiger partial charge in [0.05, 0.1) is 6.10 Å². The van der Waals surface area contributed by atoms with Crippen molar-refractivity contribution in [2.75, 3.05) is 6.54 Å². The molecule has 0 amide bonds. The van der Waals surface area contributed by atoms with E-state index in [9.17, 15) is 5.11 Å². The van der Waals surface area contributed by atoms with Crippen LogP contribution in [-0.2, 0) is 0 Å². The van der Waals surface area contributed by atoms with Gasteiger partial charge in [0.25, 0.3) is 0 Å². The zero-order chi connectivity index (χ0) is 13.9. The first-order chi connectivity index (χ1) is 9.14. The summed E-state index contributed by atoms with van der Waals surface area (Å²) in [5, 5.41) is 10.9. The first-order valence-electron chi connectivity index (χ1n) is 7.27. The number of nitrogens with two attached hydrogens (primary N) is 1. The molecule has 0 heterocycles. The van der Waals surface area contributed by atoms with Crippen molar-refractivity contribution < 1.29 is 5.11 Å². The molecule has 1 aliphatic carbocycles. The van der Waals surface area contributed by atoms with Gasteiger partial charge in [0.1, 0.15) is 0 Å². The monoisotopic (exact) mass is 325 g/mol. The Morgan fingerprint density at radius 2 is 1.95 bits per heavy atom. The summed E-state index contributed by atoms with van der Waals surface area (Å²) in [6.45, 7) is 2.69. The molecule has 1 fully saturated rings. The third kappa shape index (κ3) is 2.88. The Morgan fingerprint density at radius 3 is 2.47 bits per heavy atom. The highest BCUT2D eigenvalue weighted by Crippen LogP contribution is 2.48. The maximum absolute atomic E-state index is 10.9. The summed E-state index contributed by atoms with van der Waals surface area (Å²) >= 11 is 3.59. The highest BCUT2D eigenvalue weighted by atomic mass is 79.9. The number of hydrogen-bond donors (Lipinski definition) is 2. The normalized spacial score (nSPS) is 21.3. The lowest BCUT2D eigenvalue weighted by atomic mass is 9.71. The van der Waals surface area contributed by atoms with Crippen LogP contribution in [-0.4, -0.2) is 17.8 Å². The SMILES string of the molecule is CCC1(C(O)C(CN)c2ccccc2Br)CCCC1. The van der Waals surface area contributed by atoms with Gasteiger partial charge in [-0.3, -0.25) is 0 Å². The average Bonchev–Trinajstić information content (AvgIpc) is 2.91. The van der Waals surface area contributed by atoms with Crippen LogP contribution in [0.25, 0.3) is 0 Å². The fourth-order valence-corrected chi connectivity index (χ4v) is 4.14. The molecule has 106 valence electrons. The van der Waals surface area contributed by atoms with Crippen LogP contribution in [0.4, 0.5) is 0 Å². The van der Waals surface area contributed by atoms with E-state index in [-0.39, 0.29) is 17.4 Å². The Kier molecular flexibility index (Phi) is 5.04. The Hall–Kier alpha value is -0.380. The van der Waals surface area contributed by atoms with Crippen LogP contribution in [0, 0.1) is 5.41 Å². The summed E-state index contributed by atoms with van der Waals surface area (Å²) in [5.41, 5.74) is 7.18. The Bertz CT molecular complexity index is 415. The van der Waals surface area contributed by atoms with E-state index in [4.69, 9.17) is 5.73 Å². The molecule has 2 atom stereocenters. The summed E-state index contributed by atoms with van der Waals surface area (Å²) in [7, 11) is 0. The molecule has 2 unspecified atom stereocenters. The van der Waals surface area contributed by atoms with Gasteiger partial charge >= 0.3 is 0 Å². The number of aliphatic hydroxyl groups is 1. The van der Waals surface area contributed by atoms with Crippen LogP contribution >= 0.6 is 15.9 Å². The molecule has 2 rings (SSSR count). The molecule has 1 aromatic carbocycles. The molecule has 2 nitrogen and oxygen atoms in total. The van der Waals surface area contributed by atoms with Crippen molar-refractivity contribution in [2.24, 2.45) is 11.1 Å². The molecule has 0 spiro atoms. The van der Waals surface area contributed by atoms with E-state index < -0.39 is 0 Å². The number of halogens is 1. The van der Waals surface area contributed by atoms with E-state index in [0.717, 1.165) is 29.3 Å². The predicted molar refractivity (Wildman–Crippen MR) is 83.1 cm³/mol. The van der Waals surface area contributed by atoms with Crippen molar-refractivity contribution >= 4 is 15.9 Å². The largest absolute Gasteiger partial charge is 0.392 e. The van der Waals surface area contributed by atoms with Crippen LogP contribution in [0.2, 0.25) is 0 Å². The van der Waals surface area contributed by atoms with Crippen molar-refractivity contribution in [3.8, 4) is 0 Å². The first-order valence-corrected chi connectivity index (χ1v) is 8.06. The molecule has 0 aromatic heterocycles. The summed E-state index contributed by atoms with van der Waals surface area (Å²) in [5.74, 6) is 0.0219. The lowest BCUT2D eigenvalue weighted by Crippen LogP contribution is -2.40. The van der Waals surface area contributed by atoms with Gasteiger partial charge in [-0.15, -0.1) is 0 Å². The first kappa shape index (κ1) is 15.0. The summed E-state index contributed by atoms with van der Waals surface area (Å²) < 4.78 is 1.05. The molecule has 1 aliphatic rings. The second-order valence-corrected chi connectivity index (χ2v) is 6.59. The van der Waals surface area contributed by atoms with Crippen molar-refractivity contribution in [1.29, 1.82) is 0 Å². The van der Waals surface area contributed by atoms with Crippen molar-refractivity contribution in [3.63, 3.8) is 0 Å². The van der Waals surface area contributed by atoms with Crippen molar-refractivity contribution in [1.82, 2.24) is 0 Å². The number of benzene rings is 1. The Labute approximate surface area is 124 Å². The van der Waals surface area contributed by atoms with Crippen molar-refractivity contribution in [2.45, 2.75) is 51.0 Å². The van der Waals surface area contributed by atoms with Gasteiger partial charge in [-0.25, -0.2) is 0 Å². The van der Waals surface area contributed by atoms with Crippen molar-refractivity contribution in [3.05, 3.63) is 34.3 Å². The smallest absolute Gasteiger partial charge is 0.0677 e. The molecule has 3 heteroatoms. The van der Waals surface area contributed by atoms with Gasteiger partial charge in [0, 0.05) is 16.9 Å². The van der Waals surface area contributed by atoms with E-state index in [2.05, 4.69) is 28.9 Å². The highest BCUT2D eigenvalue weighted by Gasteiger charge is 2.42. The summed E-state index contributed by atoms with van der Waals surface area (Å²) in [4.78, 5) is 0. The third-order valence-electron chi connectivity index (χ3n) is 4.87. The third-order valence-corrected chi connectivity index (χ3v) is 5.59.